The van der Waals surface area contributed by atoms with Crippen LogP contribution in [0, 0.1) is 29.1 Å². The van der Waals surface area contributed by atoms with Crippen LogP contribution in [0.15, 0.2) is 23.8 Å². The normalized spacial score (nSPS) is 42.3. The zero-order valence-corrected chi connectivity index (χ0v) is 17.7. The first kappa shape index (κ1) is 22.1. The minimum absolute atomic E-state index is 0.0386. The topological polar surface area (TPSA) is 54.4 Å². The van der Waals surface area contributed by atoms with Crippen molar-refractivity contribution in [3.8, 4) is 0 Å². The zero-order chi connectivity index (χ0) is 20.4. The first-order chi connectivity index (χ1) is 12.9. The van der Waals surface area contributed by atoms with Gasteiger partial charge < -0.3 is 9.90 Å². The number of rotatable bonds is 1. The Bertz CT molecular complexity index is 603. The number of fused-ring (bicyclic) bond motifs is 5. The Hall–Kier alpha value is -1.22. The van der Waals surface area contributed by atoms with Gasteiger partial charge in [0, 0.05) is 11.8 Å². The van der Waals surface area contributed by atoms with E-state index in [-0.39, 0.29) is 5.41 Å². The molecule has 3 nitrogen and oxygen atoms in total. The van der Waals surface area contributed by atoms with Crippen molar-refractivity contribution in [2.45, 2.75) is 84.7 Å². The van der Waals surface area contributed by atoms with Crippen molar-refractivity contribution < 1.29 is 14.7 Å². The molecule has 0 heterocycles. The van der Waals surface area contributed by atoms with E-state index in [4.69, 9.17) is 4.79 Å². The third kappa shape index (κ3) is 3.26. The van der Waals surface area contributed by atoms with Crippen molar-refractivity contribution in [2.24, 2.45) is 29.1 Å². The minimum Gasteiger partial charge on any atom is -0.385 e. The molecule has 6 atom stereocenters. The van der Waals surface area contributed by atoms with E-state index in [1.165, 1.54) is 18.4 Å². The van der Waals surface area contributed by atoms with E-state index in [1.54, 1.807) is 0 Å². The molecule has 0 aromatic heterocycles. The SMILES string of the molecule is C=C1CC2C3CCC4=CC(=O)CCC4C3CCC2(CC)[C@]1(C)O.C=O.CC. The fourth-order valence-electron chi connectivity index (χ4n) is 6.95. The number of aliphatic hydroxyl groups is 1. The molecule has 0 aliphatic heterocycles. The van der Waals surface area contributed by atoms with Crippen LogP contribution in [0.2, 0.25) is 0 Å². The Labute approximate surface area is 165 Å². The summed E-state index contributed by atoms with van der Waals surface area (Å²) in [4.78, 5) is 19.8. The maximum absolute atomic E-state index is 11.8. The van der Waals surface area contributed by atoms with E-state index >= 15 is 0 Å². The summed E-state index contributed by atoms with van der Waals surface area (Å²) in [6, 6.07) is 0. The molecule has 3 fully saturated rings. The standard InChI is InChI=1S/C21H30O2.C2H6.CH2O/c1-4-21-10-9-17-16-8-6-15(22)12-14(16)5-7-18(17)19(21)11-13(2)20(21,3)23;2*1-2/h12,16-19,23H,2,4-11H2,1,3H3;1-2H3;1H2/t16?,17?,18?,19?,20-,21?;;/m1../s1. The van der Waals surface area contributed by atoms with Gasteiger partial charge in [-0.3, -0.25) is 4.79 Å². The Morgan fingerprint density at radius 3 is 2.44 bits per heavy atom. The number of hydrogen-bond acceptors (Lipinski definition) is 3. The third-order valence-electron chi connectivity index (χ3n) is 8.26. The van der Waals surface area contributed by atoms with Crippen LogP contribution in [0.3, 0.4) is 0 Å². The molecular formula is C24H38O3. The van der Waals surface area contributed by atoms with E-state index in [1.807, 2.05) is 33.6 Å². The van der Waals surface area contributed by atoms with Gasteiger partial charge in [-0.25, -0.2) is 0 Å². The lowest BCUT2D eigenvalue weighted by molar-refractivity contribution is -0.118. The highest BCUT2D eigenvalue weighted by molar-refractivity contribution is 5.91. The van der Waals surface area contributed by atoms with Gasteiger partial charge in [-0.2, -0.15) is 0 Å². The predicted octanol–water partition coefficient (Wildman–Crippen LogP) is 5.28. The molecule has 0 amide bonds. The Kier molecular flexibility index (Phi) is 6.89. The fraction of sp³-hybridized carbons (Fsp3) is 0.750. The molecule has 0 radical (unpaired) electrons. The van der Waals surface area contributed by atoms with E-state index < -0.39 is 5.60 Å². The monoisotopic (exact) mass is 374 g/mol. The number of carbonyl (C=O) groups is 2. The van der Waals surface area contributed by atoms with E-state index in [0.29, 0.717) is 23.5 Å². The molecule has 1 N–H and O–H groups in total. The predicted molar refractivity (Wildman–Crippen MR) is 110 cm³/mol. The zero-order valence-electron chi connectivity index (χ0n) is 17.7. The lowest BCUT2D eigenvalue weighted by Crippen LogP contribution is -2.53. The first-order valence-electron chi connectivity index (χ1n) is 10.8. The minimum atomic E-state index is -0.698. The van der Waals surface area contributed by atoms with Crippen molar-refractivity contribution in [1.29, 1.82) is 0 Å². The van der Waals surface area contributed by atoms with E-state index in [9.17, 15) is 9.90 Å². The van der Waals surface area contributed by atoms with E-state index in [0.717, 1.165) is 50.0 Å². The van der Waals surface area contributed by atoms with Crippen LogP contribution >= 0.6 is 0 Å². The van der Waals surface area contributed by atoms with Gasteiger partial charge in [0.1, 0.15) is 6.79 Å². The second kappa shape index (κ2) is 8.43. The molecule has 4 rings (SSSR count). The maximum Gasteiger partial charge on any atom is 0.155 e. The van der Waals surface area contributed by atoms with E-state index in [2.05, 4.69) is 13.5 Å². The van der Waals surface area contributed by atoms with Gasteiger partial charge in [-0.05, 0) is 87.2 Å². The van der Waals surface area contributed by atoms with Crippen LogP contribution in [-0.2, 0) is 9.59 Å². The highest BCUT2D eigenvalue weighted by atomic mass is 16.3. The number of carbonyl (C=O) groups excluding carboxylic acids is 2. The lowest BCUT2D eigenvalue weighted by Gasteiger charge is -2.56. The van der Waals surface area contributed by atoms with Crippen LogP contribution in [0.5, 0.6) is 0 Å². The summed E-state index contributed by atoms with van der Waals surface area (Å²) in [7, 11) is 0. The molecule has 4 aliphatic rings. The molecular weight excluding hydrogens is 336 g/mol. The van der Waals surface area contributed by atoms with Crippen LogP contribution in [0.1, 0.15) is 79.1 Å². The molecule has 5 unspecified atom stereocenters. The smallest absolute Gasteiger partial charge is 0.155 e. The van der Waals surface area contributed by atoms with Crippen molar-refractivity contribution in [3.63, 3.8) is 0 Å². The van der Waals surface area contributed by atoms with Gasteiger partial charge in [0.05, 0.1) is 5.60 Å². The van der Waals surface area contributed by atoms with Gasteiger partial charge in [0.2, 0.25) is 0 Å². The number of allylic oxidation sites excluding steroid dienone is 1. The largest absolute Gasteiger partial charge is 0.385 e. The van der Waals surface area contributed by atoms with Crippen LogP contribution < -0.4 is 0 Å². The molecule has 4 aliphatic carbocycles. The summed E-state index contributed by atoms with van der Waals surface area (Å²) in [5.74, 6) is 3.01. The summed E-state index contributed by atoms with van der Waals surface area (Å²) in [5, 5.41) is 11.2. The first-order valence-corrected chi connectivity index (χ1v) is 10.8. The molecule has 3 saturated carbocycles. The maximum atomic E-state index is 11.8. The average molecular weight is 375 g/mol. The molecule has 0 saturated heterocycles. The highest BCUT2D eigenvalue weighted by Gasteiger charge is 2.63. The summed E-state index contributed by atoms with van der Waals surface area (Å²) >= 11 is 0. The average Bonchev–Trinajstić information content (AvgIpc) is 2.90. The molecule has 3 heteroatoms. The Morgan fingerprint density at radius 1 is 1.15 bits per heavy atom. The third-order valence-corrected chi connectivity index (χ3v) is 8.26. The summed E-state index contributed by atoms with van der Waals surface area (Å²) in [5.41, 5.74) is 1.84. The van der Waals surface area contributed by atoms with Crippen LogP contribution in [-0.4, -0.2) is 23.3 Å². The summed E-state index contributed by atoms with van der Waals surface area (Å²) < 4.78 is 0. The lowest BCUT2D eigenvalue weighted by atomic mass is 9.49. The highest BCUT2D eigenvalue weighted by Crippen LogP contribution is 2.67. The van der Waals surface area contributed by atoms with Crippen molar-refractivity contribution >= 4 is 12.6 Å². The number of hydrogen-bond donors (Lipinski definition) is 1. The van der Waals surface area contributed by atoms with Crippen molar-refractivity contribution in [2.75, 3.05) is 0 Å². The van der Waals surface area contributed by atoms with Gasteiger partial charge in [-0.1, -0.05) is 32.9 Å². The summed E-state index contributed by atoms with van der Waals surface area (Å²) in [6.07, 6.45) is 10.5. The second-order valence-corrected chi connectivity index (χ2v) is 8.73. The Morgan fingerprint density at radius 2 is 1.81 bits per heavy atom. The van der Waals surface area contributed by atoms with Gasteiger partial charge in [0.25, 0.3) is 0 Å². The van der Waals surface area contributed by atoms with Crippen LogP contribution in [0.4, 0.5) is 0 Å². The van der Waals surface area contributed by atoms with Crippen LogP contribution in [0.25, 0.3) is 0 Å². The molecule has 27 heavy (non-hydrogen) atoms. The van der Waals surface area contributed by atoms with Crippen molar-refractivity contribution in [3.05, 3.63) is 23.8 Å². The molecule has 152 valence electrons. The van der Waals surface area contributed by atoms with Gasteiger partial charge in [-0.15, -0.1) is 0 Å². The quantitative estimate of drug-likeness (QED) is 0.636. The molecule has 0 aromatic carbocycles. The molecule has 0 spiro atoms. The Balaban J connectivity index is 0.000000614. The summed E-state index contributed by atoms with van der Waals surface area (Å²) in [6.45, 7) is 14.5. The molecule has 0 aromatic rings. The van der Waals surface area contributed by atoms with Gasteiger partial charge >= 0.3 is 0 Å². The van der Waals surface area contributed by atoms with Gasteiger partial charge in [0.15, 0.2) is 5.78 Å². The molecule has 0 bridgehead atoms. The second-order valence-electron chi connectivity index (χ2n) is 8.73. The fourth-order valence-corrected chi connectivity index (χ4v) is 6.95. The number of ketones is 1. The van der Waals surface area contributed by atoms with Crippen molar-refractivity contribution in [1.82, 2.24) is 0 Å².